The zero-order valence-electron chi connectivity index (χ0n) is 14.9. The number of ether oxygens (including phenoxy) is 1. The van der Waals surface area contributed by atoms with Crippen LogP contribution in [0.3, 0.4) is 0 Å². The molecule has 1 aromatic rings. The summed E-state index contributed by atoms with van der Waals surface area (Å²) in [6, 6.07) is 3.81. The highest BCUT2D eigenvalue weighted by Crippen LogP contribution is 2.56. The molecule has 132 valence electrons. The van der Waals surface area contributed by atoms with Gasteiger partial charge in [-0.05, 0) is 69.4 Å². The van der Waals surface area contributed by atoms with Crippen LogP contribution in [0.15, 0.2) is 24.5 Å². The Morgan fingerprint density at radius 3 is 2.58 bits per heavy atom. The Bertz CT molecular complexity index is 566. The van der Waals surface area contributed by atoms with Crippen molar-refractivity contribution < 1.29 is 14.6 Å². The number of hydrogen-bond acceptors (Lipinski definition) is 4. The van der Waals surface area contributed by atoms with E-state index in [4.69, 9.17) is 4.74 Å². The number of hydrogen-bond donors (Lipinski definition) is 1. The van der Waals surface area contributed by atoms with Crippen molar-refractivity contribution >= 4 is 6.09 Å². The predicted molar refractivity (Wildman–Crippen MR) is 91.4 cm³/mol. The normalized spacial score (nSPS) is 22.1. The van der Waals surface area contributed by atoms with Crippen molar-refractivity contribution in [2.24, 2.45) is 11.3 Å². The summed E-state index contributed by atoms with van der Waals surface area (Å²) in [6.45, 7) is 7.20. The minimum atomic E-state index is -0.443. The first-order valence-corrected chi connectivity index (χ1v) is 8.84. The average molecular weight is 332 g/mol. The Hall–Kier alpha value is -1.62. The Balaban J connectivity index is 1.49. The van der Waals surface area contributed by atoms with Crippen LogP contribution in [0.4, 0.5) is 4.79 Å². The fourth-order valence-corrected chi connectivity index (χ4v) is 4.00. The number of likely N-dealkylation sites (tertiary alicyclic amines) is 1. The lowest BCUT2D eigenvalue weighted by Gasteiger charge is -2.53. The number of carbonyl (C=O) groups is 1. The molecule has 1 unspecified atom stereocenters. The summed E-state index contributed by atoms with van der Waals surface area (Å²) in [5.74, 6) is 0.308. The lowest BCUT2D eigenvalue weighted by Crippen LogP contribution is -2.50. The standard InChI is InChI=1S/C19H28N2O3/c1-18(2,3)24-17(23)21-9-6-19(7-10-21)11-15(12-19)16(22)14-5-4-8-20-13-14/h4-5,8,13,15-16,22H,6-7,9-12H2,1-3H3. The minimum Gasteiger partial charge on any atom is -0.444 e. The van der Waals surface area contributed by atoms with Crippen LogP contribution in [0.1, 0.15) is 58.1 Å². The number of aliphatic hydroxyl groups is 1. The monoisotopic (exact) mass is 332 g/mol. The van der Waals surface area contributed by atoms with Crippen LogP contribution in [0, 0.1) is 11.3 Å². The first kappa shape index (κ1) is 17.2. The molecule has 1 N–H and O–H groups in total. The van der Waals surface area contributed by atoms with Gasteiger partial charge in [0.15, 0.2) is 0 Å². The van der Waals surface area contributed by atoms with Gasteiger partial charge in [-0.25, -0.2) is 4.79 Å². The second-order valence-corrected chi connectivity index (χ2v) is 8.37. The van der Waals surface area contributed by atoms with Crippen molar-refractivity contribution in [3.8, 4) is 0 Å². The van der Waals surface area contributed by atoms with Crippen molar-refractivity contribution in [1.29, 1.82) is 0 Å². The highest BCUT2D eigenvalue weighted by Gasteiger charge is 2.49. The van der Waals surface area contributed by atoms with Crippen molar-refractivity contribution in [2.45, 2.75) is 58.2 Å². The zero-order chi connectivity index (χ0) is 17.4. The van der Waals surface area contributed by atoms with Gasteiger partial charge in [-0.3, -0.25) is 4.98 Å². The molecular formula is C19H28N2O3. The predicted octanol–water partition coefficient (Wildman–Crippen LogP) is 3.54. The van der Waals surface area contributed by atoms with E-state index in [0.29, 0.717) is 11.3 Å². The van der Waals surface area contributed by atoms with Gasteiger partial charge in [0, 0.05) is 25.5 Å². The van der Waals surface area contributed by atoms with Gasteiger partial charge in [0.25, 0.3) is 0 Å². The summed E-state index contributed by atoms with van der Waals surface area (Å²) in [5.41, 5.74) is 0.761. The van der Waals surface area contributed by atoms with Crippen LogP contribution in [0.2, 0.25) is 0 Å². The van der Waals surface area contributed by atoms with Gasteiger partial charge in [0.05, 0.1) is 6.10 Å². The zero-order valence-corrected chi connectivity index (χ0v) is 14.9. The van der Waals surface area contributed by atoms with Gasteiger partial charge in [0.2, 0.25) is 0 Å². The maximum absolute atomic E-state index is 12.1. The maximum atomic E-state index is 12.1. The van der Waals surface area contributed by atoms with Gasteiger partial charge in [0.1, 0.15) is 5.60 Å². The molecule has 1 aliphatic heterocycles. The lowest BCUT2D eigenvalue weighted by molar-refractivity contribution is -0.0701. The van der Waals surface area contributed by atoms with E-state index in [1.165, 1.54) is 0 Å². The molecule has 2 aliphatic rings. The third-order valence-electron chi connectivity index (χ3n) is 5.34. The van der Waals surface area contributed by atoms with Crippen molar-refractivity contribution in [3.05, 3.63) is 30.1 Å². The molecule has 1 saturated carbocycles. The highest BCUT2D eigenvalue weighted by molar-refractivity contribution is 5.68. The number of aliphatic hydroxyl groups excluding tert-OH is 1. The molecule has 2 fully saturated rings. The topological polar surface area (TPSA) is 62.7 Å². The second kappa shape index (κ2) is 6.36. The molecule has 1 aliphatic carbocycles. The van der Waals surface area contributed by atoms with Crippen LogP contribution in [-0.4, -0.2) is 39.8 Å². The highest BCUT2D eigenvalue weighted by atomic mass is 16.6. The fraction of sp³-hybridized carbons (Fsp3) is 0.684. The van der Waals surface area contributed by atoms with Crippen molar-refractivity contribution in [3.63, 3.8) is 0 Å². The first-order chi connectivity index (χ1) is 11.3. The van der Waals surface area contributed by atoms with E-state index in [0.717, 1.165) is 44.3 Å². The molecule has 0 aromatic carbocycles. The van der Waals surface area contributed by atoms with Crippen molar-refractivity contribution in [1.82, 2.24) is 9.88 Å². The molecule has 1 spiro atoms. The quantitative estimate of drug-likeness (QED) is 0.900. The Morgan fingerprint density at radius 1 is 1.38 bits per heavy atom. The van der Waals surface area contributed by atoms with E-state index in [9.17, 15) is 9.90 Å². The number of pyridine rings is 1. The number of amides is 1. The average Bonchev–Trinajstić information content (AvgIpc) is 2.51. The van der Waals surface area contributed by atoms with Crippen LogP contribution < -0.4 is 0 Å². The summed E-state index contributed by atoms with van der Waals surface area (Å²) in [6.07, 6.45) is 6.92. The molecule has 1 saturated heterocycles. The Kier molecular flexibility index (Phi) is 4.56. The van der Waals surface area contributed by atoms with Crippen LogP contribution in [-0.2, 0) is 4.74 Å². The molecule has 3 rings (SSSR count). The van der Waals surface area contributed by atoms with Crippen LogP contribution in [0.25, 0.3) is 0 Å². The maximum Gasteiger partial charge on any atom is 0.410 e. The SMILES string of the molecule is CC(C)(C)OC(=O)N1CCC2(CC1)CC(C(O)c1cccnc1)C2. The fourth-order valence-electron chi connectivity index (χ4n) is 4.00. The van der Waals surface area contributed by atoms with Gasteiger partial charge in [-0.1, -0.05) is 6.07 Å². The van der Waals surface area contributed by atoms with E-state index in [2.05, 4.69) is 4.98 Å². The van der Waals surface area contributed by atoms with Crippen LogP contribution in [0.5, 0.6) is 0 Å². The summed E-state index contributed by atoms with van der Waals surface area (Å²) in [4.78, 5) is 18.1. The number of nitrogens with zero attached hydrogens (tertiary/aromatic N) is 2. The molecule has 24 heavy (non-hydrogen) atoms. The third-order valence-corrected chi connectivity index (χ3v) is 5.34. The van der Waals surface area contributed by atoms with E-state index < -0.39 is 11.7 Å². The number of carbonyl (C=O) groups excluding carboxylic acids is 1. The van der Waals surface area contributed by atoms with E-state index >= 15 is 0 Å². The summed E-state index contributed by atoms with van der Waals surface area (Å²) >= 11 is 0. The molecule has 2 heterocycles. The van der Waals surface area contributed by atoms with Gasteiger partial charge in [-0.15, -0.1) is 0 Å². The first-order valence-electron chi connectivity index (χ1n) is 8.84. The molecule has 0 bridgehead atoms. The Labute approximate surface area is 144 Å². The number of aromatic nitrogens is 1. The lowest BCUT2D eigenvalue weighted by atomic mass is 9.56. The molecule has 1 aromatic heterocycles. The molecule has 5 heteroatoms. The van der Waals surface area contributed by atoms with Gasteiger partial charge < -0.3 is 14.7 Å². The number of piperidine rings is 1. The number of rotatable bonds is 2. The summed E-state index contributed by atoms with van der Waals surface area (Å²) in [5, 5.41) is 10.5. The third kappa shape index (κ3) is 3.72. The molecule has 1 amide bonds. The Morgan fingerprint density at radius 2 is 2.04 bits per heavy atom. The van der Waals surface area contributed by atoms with Gasteiger partial charge >= 0.3 is 6.09 Å². The van der Waals surface area contributed by atoms with Crippen molar-refractivity contribution in [2.75, 3.05) is 13.1 Å². The van der Waals surface area contributed by atoms with Crippen LogP contribution >= 0.6 is 0 Å². The largest absolute Gasteiger partial charge is 0.444 e. The van der Waals surface area contributed by atoms with E-state index in [-0.39, 0.29) is 6.09 Å². The van der Waals surface area contributed by atoms with Gasteiger partial charge in [-0.2, -0.15) is 0 Å². The molecule has 1 atom stereocenters. The smallest absolute Gasteiger partial charge is 0.410 e. The molecule has 5 nitrogen and oxygen atoms in total. The minimum absolute atomic E-state index is 0.205. The molecular weight excluding hydrogens is 304 g/mol. The van der Waals surface area contributed by atoms with E-state index in [1.54, 1.807) is 12.4 Å². The second-order valence-electron chi connectivity index (χ2n) is 8.37. The molecule has 0 radical (unpaired) electrons. The summed E-state index contributed by atoms with van der Waals surface area (Å²) in [7, 11) is 0. The van der Waals surface area contributed by atoms with E-state index in [1.807, 2.05) is 37.8 Å². The summed E-state index contributed by atoms with van der Waals surface area (Å²) < 4.78 is 5.45.